The summed E-state index contributed by atoms with van der Waals surface area (Å²) < 4.78 is 25.0. The smallest absolute Gasteiger partial charge is 0.262 e. The molecule has 6 nitrogen and oxygen atoms in total. The Kier molecular flexibility index (Phi) is 3.11. The molecule has 7 heteroatoms. The number of carbonyl (C=O) groups excluding carboxylic acids is 1. The van der Waals surface area contributed by atoms with Crippen LogP contribution in [0.4, 0.5) is 15.8 Å². The van der Waals surface area contributed by atoms with Gasteiger partial charge in [-0.2, -0.15) is 0 Å². The molecule has 116 valence electrons. The van der Waals surface area contributed by atoms with Gasteiger partial charge in [0, 0.05) is 29.9 Å². The number of pyridine rings is 1. The molecule has 0 fully saturated rings. The van der Waals surface area contributed by atoms with E-state index in [4.69, 9.17) is 9.15 Å². The van der Waals surface area contributed by atoms with Crippen molar-refractivity contribution < 1.29 is 18.3 Å². The van der Waals surface area contributed by atoms with Gasteiger partial charge in [-0.05, 0) is 12.1 Å². The van der Waals surface area contributed by atoms with E-state index in [1.165, 1.54) is 12.1 Å². The summed E-state index contributed by atoms with van der Waals surface area (Å²) in [6.45, 7) is 0.241. The van der Waals surface area contributed by atoms with Crippen LogP contribution in [0.5, 0.6) is 5.75 Å². The summed E-state index contributed by atoms with van der Waals surface area (Å²) in [5.74, 6) is 0.322. The molecular weight excluding hydrogens is 301 g/mol. The molecule has 0 saturated carbocycles. The second-order valence-electron chi connectivity index (χ2n) is 5.14. The van der Waals surface area contributed by atoms with E-state index in [1.54, 1.807) is 18.5 Å². The van der Waals surface area contributed by atoms with Crippen molar-refractivity contribution in [3.8, 4) is 5.75 Å². The molecule has 2 N–H and O–H groups in total. The molecule has 0 saturated heterocycles. The van der Waals surface area contributed by atoms with Crippen molar-refractivity contribution in [2.45, 2.75) is 6.54 Å². The Balaban J connectivity index is 1.55. The summed E-state index contributed by atoms with van der Waals surface area (Å²) in [5.41, 5.74) is 1.34. The lowest BCUT2D eigenvalue weighted by Gasteiger charge is -2.19. The minimum Gasteiger partial charge on any atom is -0.481 e. The van der Waals surface area contributed by atoms with Crippen LogP contribution in [0.1, 0.15) is 5.76 Å². The molecule has 3 aromatic rings. The summed E-state index contributed by atoms with van der Waals surface area (Å²) >= 11 is 0. The zero-order valence-corrected chi connectivity index (χ0v) is 11.9. The Hall–Kier alpha value is -3.09. The summed E-state index contributed by atoms with van der Waals surface area (Å²) in [4.78, 5) is 15.2. The van der Waals surface area contributed by atoms with E-state index in [-0.39, 0.29) is 18.2 Å². The fourth-order valence-corrected chi connectivity index (χ4v) is 2.44. The molecule has 23 heavy (non-hydrogen) atoms. The van der Waals surface area contributed by atoms with Crippen molar-refractivity contribution in [3.63, 3.8) is 0 Å². The van der Waals surface area contributed by atoms with Gasteiger partial charge in [0.15, 0.2) is 6.61 Å². The summed E-state index contributed by atoms with van der Waals surface area (Å²) in [6.07, 6.45) is 3.36. The van der Waals surface area contributed by atoms with Gasteiger partial charge in [0.25, 0.3) is 5.91 Å². The number of nitrogens with one attached hydrogen (secondary N) is 2. The molecule has 0 radical (unpaired) electrons. The maximum Gasteiger partial charge on any atom is 0.262 e. The molecule has 4 rings (SSSR count). The second-order valence-corrected chi connectivity index (χ2v) is 5.14. The van der Waals surface area contributed by atoms with Crippen molar-refractivity contribution >= 4 is 28.3 Å². The predicted molar refractivity (Wildman–Crippen MR) is 81.9 cm³/mol. The zero-order valence-electron chi connectivity index (χ0n) is 11.9. The van der Waals surface area contributed by atoms with Gasteiger partial charge in [-0.15, -0.1) is 0 Å². The van der Waals surface area contributed by atoms with Gasteiger partial charge < -0.3 is 19.8 Å². The van der Waals surface area contributed by atoms with Crippen LogP contribution in [0.3, 0.4) is 0 Å². The fraction of sp³-hybridized carbons (Fsp3) is 0.125. The quantitative estimate of drug-likeness (QED) is 0.777. The number of furan rings is 1. The highest BCUT2D eigenvalue weighted by atomic mass is 19.1. The maximum atomic E-state index is 14.1. The first-order valence-corrected chi connectivity index (χ1v) is 7.01. The standard InChI is InChI=1S/C16H12FN3O3/c17-11-4-13-15(22-8-16(21)20-13)5-12(11)19-7-10-3-9-6-18-2-1-14(9)23-10/h1-6,19H,7-8H2,(H,20,21). The SMILES string of the molecule is O=C1COc2cc(NCc3cc4cnccc4o3)c(F)cc2N1. The van der Waals surface area contributed by atoms with Gasteiger partial charge in [-0.25, -0.2) is 4.39 Å². The molecule has 0 unspecified atom stereocenters. The topological polar surface area (TPSA) is 76.4 Å². The fourth-order valence-electron chi connectivity index (χ4n) is 2.44. The molecular formula is C16H12FN3O3. The van der Waals surface area contributed by atoms with Crippen molar-refractivity contribution in [3.05, 3.63) is 48.2 Å². The minimum atomic E-state index is -0.479. The molecule has 1 amide bonds. The van der Waals surface area contributed by atoms with Gasteiger partial charge in [-0.3, -0.25) is 9.78 Å². The van der Waals surface area contributed by atoms with Gasteiger partial charge in [0.05, 0.1) is 17.9 Å². The van der Waals surface area contributed by atoms with Crippen molar-refractivity contribution in [2.24, 2.45) is 0 Å². The average molecular weight is 313 g/mol. The lowest BCUT2D eigenvalue weighted by molar-refractivity contribution is -0.118. The van der Waals surface area contributed by atoms with Crippen LogP contribution in [0.2, 0.25) is 0 Å². The number of aromatic nitrogens is 1. The molecule has 1 aliphatic rings. The highest BCUT2D eigenvalue weighted by Crippen LogP contribution is 2.33. The van der Waals surface area contributed by atoms with Gasteiger partial charge in [-0.1, -0.05) is 0 Å². The van der Waals surface area contributed by atoms with E-state index in [2.05, 4.69) is 15.6 Å². The molecule has 0 aliphatic carbocycles. The third kappa shape index (κ3) is 2.57. The van der Waals surface area contributed by atoms with E-state index >= 15 is 0 Å². The van der Waals surface area contributed by atoms with E-state index in [9.17, 15) is 9.18 Å². The number of hydrogen-bond donors (Lipinski definition) is 2. The predicted octanol–water partition coefficient (Wildman–Crippen LogP) is 2.91. The Labute approximate surface area is 130 Å². The Morgan fingerprint density at radius 1 is 1.35 bits per heavy atom. The highest BCUT2D eigenvalue weighted by Gasteiger charge is 2.19. The second kappa shape index (κ2) is 5.28. The lowest BCUT2D eigenvalue weighted by atomic mass is 10.2. The number of carbonyl (C=O) groups is 1. The number of hydrogen-bond acceptors (Lipinski definition) is 5. The summed E-state index contributed by atoms with van der Waals surface area (Å²) in [6, 6.07) is 6.38. The van der Waals surface area contributed by atoms with Crippen LogP contribution in [0.15, 0.2) is 41.1 Å². The Morgan fingerprint density at radius 2 is 2.26 bits per heavy atom. The van der Waals surface area contributed by atoms with Gasteiger partial charge in [0.2, 0.25) is 0 Å². The number of rotatable bonds is 3. The third-order valence-electron chi connectivity index (χ3n) is 3.52. The van der Waals surface area contributed by atoms with Gasteiger partial charge in [0.1, 0.15) is 22.9 Å². The van der Waals surface area contributed by atoms with Crippen LogP contribution in [0.25, 0.3) is 11.0 Å². The average Bonchev–Trinajstić information content (AvgIpc) is 2.95. The molecule has 2 aromatic heterocycles. The third-order valence-corrected chi connectivity index (χ3v) is 3.52. The lowest BCUT2D eigenvalue weighted by Crippen LogP contribution is -2.25. The Bertz CT molecular complexity index is 874. The number of halogens is 1. The largest absolute Gasteiger partial charge is 0.481 e. The molecule has 1 aliphatic heterocycles. The van der Waals surface area contributed by atoms with Crippen LogP contribution in [-0.2, 0) is 11.3 Å². The molecule has 0 spiro atoms. The number of anilines is 2. The molecule has 0 atom stereocenters. The highest BCUT2D eigenvalue weighted by molar-refractivity contribution is 5.95. The monoisotopic (exact) mass is 313 g/mol. The number of ether oxygens (including phenoxy) is 1. The first-order chi connectivity index (χ1) is 11.2. The Morgan fingerprint density at radius 3 is 3.13 bits per heavy atom. The van der Waals surface area contributed by atoms with Crippen LogP contribution in [-0.4, -0.2) is 17.5 Å². The summed E-state index contributed by atoms with van der Waals surface area (Å²) in [5, 5.41) is 6.42. The maximum absolute atomic E-state index is 14.1. The number of nitrogens with zero attached hydrogens (tertiary/aromatic N) is 1. The molecule has 0 bridgehead atoms. The zero-order chi connectivity index (χ0) is 15.8. The number of fused-ring (bicyclic) bond motifs is 2. The van der Waals surface area contributed by atoms with Crippen molar-refractivity contribution in [1.29, 1.82) is 0 Å². The van der Waals surface area contributed by atoms with Crippen LogP contribution in [0, 0.1) is 5.82 Å². The van der Waals surface area contributed by atoms with E-state index in [0.717, 1.165) is 11.0 Å². The molecule has 1 aromatic carbocycles. The minimum absolute atomic E-state index is 0.0748. The molecule has 3 heterocycles. The van der Waals surface area contributed by atoms with Crippen molar-refractivity contribution in [2.75, 3.05) is 17.2 Å². The first kappa shape index (κ1) is 13.6. The van der Waals surface area contributed by atoms with Gasteiger partial charge >= 0.3 is 0 Å². The van der Waals surface area contributed by atoms with E-state index in [1.807, 2.05) is 6.07 Å². The summed E-state index contributed by atoms with van der Waals surface area (Å²) in [7, 11) is 0. The number of benzene rings is 1. The van der Waals surface area contributed by atoms with Crippen LogP contribution >= 0.6 is 0 Å². The van der Waals surface area contributed by atoms with E-state index in [0.29, 0.717) is 23.7 Å². The first-order valence-electron chi connectivity index (χ1n) is 7.01. The van der Waals surface area contributed by atoms with E-state index < -0.39 is 5.82 Å². The van der Waals surface area contributed by atoms with Crippen LogP contribution < -0.4 is 15.4 Å². The van der Waals surface area contributed by atoms with Crippen molar-refractivity contribution in [1.82, 2.24) is 4.98 Å². The number of amides is 1. The normalized spacial score (nSPS) is 13.3.